The smallest absolute Gasteiger partial charge is 0.406 e. The van der Waals surface area contributed by atoms with E-state index in [9.17, 15) is 10.1 Å². The summed E-state index contributed by atoms with van der Waals surface area (Å²) in [5, 5.41) is 19.0. The van der Waals surface area contributed by atoms with Crippen LogP contribution in [0.15, 0.2) is 16.7 Å². The molecule has 0 fully saturated rings. The van der Waals surface area contributed by atoms with Crippen molar-refractivity contribution in [1.82, 2.24) is 4.98 Å². The molecule has 0 aliphatic carbocycles. The average molecular weight is 219 g/mol. The third-order valence-corrected chi connectivity index (χ3v) is 1.42. The third kappa shape index (κ3) is 1.64. The van der Waals surface area contributed by atoms with E-state index in [0.717, 1.165) is 0 Å². The van der Waals surface area contributed by atoms with Gasteiger partial charge in [-0.2, -0.15) is 0 Å². The first-order valence-electron chi connectivity index (χ1n) is 2.60. The van der Waals surface area contributed by atoms with Crippen molar-refractivity contribution >= 4 is 21.7 Å². The predicted molar refractivity (Wildman–Crippen MR) is 40.3 cm³/mol. The van der Waals surface area contributed by atoms with Crippen LogP contribution < -0.4 is 0 Å². The second kappa shape index (κ2) is 2.83. The molecule has 0 bridgehead atoms. The van der Waals surface area contributed by atoms with Crippen molar-refractivity contribution in [3.05, 3.63) is 26.9 Å². The number of nitro groups is 1. The summed E-state index contributed by atoms with van der Waals surface area (Å²) < 4.78 is 0.501. The summed E-state index contributed by atoms with van der Waals surface area (Å²) in [4.78, 5) is 12.7. The van der Waals surface area contributed by atoms with Crippen LogP contribution in [0.3, 0.4) is 0 Å². The molecule has 5 nitrogen and oxygen atoms in total. The minimum Gasteiger partial charge on any atom is -0.501 e. The Morgan fingerprint density at radius 1 is 1.73 bits per heavy atom. The summed E-state index contributed by atoms with van der Waals surface area (Å²) in [6.07, 6.45) is 1.25. The van der Waals surface area contributed by atoms with Gasteiger partial charge in [0.1, 0.15) is 0 Å². The molecule has 0 aromatic carbocycles. The first-order valence-corrected chi connectivity index (χ1v) is 3.39. The summed E-state index contributed by atoms with van der Waals surface area (Å²) in [6.45, 7) is 0. The minimum atomic E-state index is -0.748. The molecule has 1 aromatic heterocycles. The van der Waals surface area contributed by atoms with E-state index < -0.39 is 16.5 Å². The average Bonchev–Trinajstić information content (AvgIpc) is 1.85. The van der Waals surface area contributed by atoms with Gasteiger partial charge in [0, 0.05) is 6.07 Å². The molecule has 0 saturated heterocycles. The number of halogens is 1. The van der Waals surface area contributed by atoms with Crippen LogP contribution in [-0.4, -0.2) is 15.0 Å². The monoisotopic (exact) mass is 218 g/mol. The fraction of sp³-hybridized carbons (Fsp3) is 0. The van der Waals surface area contributed by atoms with Gasteiger partial charge < -0.3 is 15.2 Å². The summed E-state index contributed by atoms with van der Waals surface area (Å²) in [5.74, 6) is -0.974. The molecule has 1 rings (SSSR count). The number of hydrogen-bond acceptors (Lipinski definition) is 4. The highest BCUT2D eigenvalue weighted by Gasteiger charge is 2.13. The molecule has 6 heteroatoms. The third-order valence-electron chi connectivity index (χ3n) is 0.987. The molecule has 0 radical (unpaired) electrons. The highest BCUT2D eigenvalue weighted by atomic mass is 79.9. The van der Waals surface area contributed by atoms with Crippen molar-refractivity contribution < 1.29 is 10.0 Å². The van der Waals surface area contributed by atoms with Crippen LogP contribution in [0.4, 0.5) is 5.82 Å². The molecule has 0 unspecified atom stereocenters. The maximum Gasteiger partial charge on any atom is 0.406 e. The highest BCUT2D eigenvalue weighted by Crippen LogP contribution is 2.25. The van der Waals surface area contributed by atoms with Crippen molar-refractivity contribution in [3.8, 4) is 5.75 Å². The number of rotatable bonds is 1. The number of hydrogen-bond donors (Lipinski definition) is 1. The standard InChI is InChI=1S/C5H3BrN2O3/c6-3-1-4(9)5(7-2-3)8(10)11/h1-2,9H. The summed E-state index contributed by atoms with van der Waals surface area (Å²) >= 11 is 3.00. The van der Waals surface area contributed by atoms with Gasteiger partial charge in [-0.15, -0.1) is 0 Å². The van der Waals surface area contributed by atoms with Crippen LogP contribution in [0.25, 0.3) is 0 Å². The highest BCUT2D eigenvalue weighted by molar-refractivity contribution is 9.10. The van der Waals surface area contributed by atoms with E-state index in [1.54, 1.807) is 0 Å². The lowest BCUT2D eigenvalue weighted by atomic mass is 10.4. The zero-order chi connectivity index (χ0) is 8.43. The van der Waals surface area contributed by atoms with E-state index in [4.69, 9.17) is 5.11 Å². The molecule has 1 heterocycles. The Kier molecular flexibility index (Phi) is 2.04. The Morgan fingerprint density at radius 3 is 2.82 bits per heavy atom. The molecule has 11 heavy (non-hydrogen) atoms. The summed E-state index contributed by atoms with van der Waals surface area (Å²) in [6, 6.07) is 1.21. The number of pyridine rings is 1. The van der Waals surface area contributed by atoms with Gasteiger partial charge in [0.05, 0.1) is 4.47 Å². The molecular weight excluding hydrogens is 216 g/mol. The summed E-state index contributed by atoms with van der Waals surface area (Å²) in [7, 11) is 0. The number of aromatic nitrogens is 1. The molecule has 0 spiro atoms. The van der Waals surface area contributed by atoms with Crippen molar-refractivity contribution in [2.45, 2.75) is 0 Å². The molecule has 1 N–H and O–H groups in total. The van der Waals surface area contributed by atoms with E-state index >= 15 is 0 Å². The number of aromatic hydroxyl groups is 1. The lowest BCUT2D eigenvalue weighted by Gasteiger charge is -1.93. The SMILES string of the molecule is O=[N+]([O-])c1ncc(Br)cc1O. The minimum absolute atomic E-state index is 0.440. The Hall–Kier alpha value is -1.17. The van der Waals surface area contributed by atoms with Gasteiger partial charge in [-0.25, -0.2) is 0 Å². The Labute approximate surface area is 70.0 Å². The maximum atomic E-state index is 10.1. The fourth-order valence-electron chi connectivity index (χ4n) is 0.562. The van der Waals surface area contributed by atoms with Crippen LogP contribution in [-0.2, 0) is 0 Å². The van der Waals surface area contributed by atoms with Gasteiger partial charge in [0.2, 0.25) is 5.75 Å². The van der Waals surface area contributed by atoms with E-state index in [-0.39, 0.29) is 0 Å². The largest absolute Gasteiger partial charge is 0.501 e. The second-order valence-corrected chi connectivity index (χ2v) is 2.67. The topological polar surface area (TPSA) is 76.3 Å². The fourth-order valence-corrected chi connectivity index (χ4v) is 0.881. The van der Waals surface area contributed by atoms with Crippen LogP contribution in [0, 0.1) is 10.1 Å². The molecular formula is C5H3BrN2O3. The van der Waals surface area contributed by atoms with Crippen molar-refractivity contribution in [1.29, 1.82) is 0 Å². The van der Waals surface area contributed by atoms with Gasteiger partial charge in [-0.1, -0.05) is 0 Å². The van der Waals surface area contributed by atoms with Gasteiger partial charge in [-0.05, 0) is 25.8 Å². The van der Waals surface area contributed by atoms with Gasteiger partial charge >= 0.3 is 5.82 Å². The van der Waals surface area contributed by atoms with E-state index in [2.05, 4.69) is 20.9 Å². The Bertz CT molecular complexity index is 302. The van der Waals surface area contributed by atoms with Crippen LogP contribution >= 0.6 is 15.9 Å². The van der Waals surface area contributed by atoms with Crippen molar-refractivity contribution in [3.63, 3.8) is 0 Å². The first-order chi connectivity index (χ1) is 5.11. The van der Waals surface area contributed by atoms with Crippen molar-refractivity contribution in [2.24, 2.45) is 0 Å². The normalized spacial score (nSPS) is 9.55. The molecule has 58 valence electrons. The molecule has 0 saturated carbocycles. The lowest BCUT2D eigenvalue weighted by molar-refractivity contribution is -0.390. The Morgan fingerprint density at radius 2 is 2.36 bits per heavy atom. The number of nitrogens with zero attached hydrogens (tertiary/aromatic N) is 2. The van der Waals surface area contributed by atoms with E-state index in [0.29, 0.717) is 4.47 Å². The zero-order valence-corrected chi connectivity index (χ0v) is 6.78. The molecule has 0 amide bonds. The summed E-state index contributed by atoms with van der Waals surface area (Å²) in [5.41, 5.74) is 0. The molecule has 0 atom stereocenters. The van der Waals surface area contributed by atoms with Gasteiger partial charge in [0.15, 0.2) is 6.20 Å². The zero-order valence-electron chi connectivity index (χ0n) is 5.19. The predicted octanol–water partition coefficient (Wildman–Crippen LogP) is 1.46. The van der Waals surface area contributed by atoms with Gasteiger partial charge in [-0.3, -0.25) is 0 Å². The van der Waals surface area contributed by atoms with Crippen LogP contribution in [0.5, 0.6) is 5.75 Å². The van der Waals surface area contributed by atoms with Crippen LogP contribution in [0.2, 0.25) is 0 Å². The lowest BCUT2D eigenvalue weighted by Crippen LogP contribution is -1.91. The second-order valence-electron chi connectivity index (χ2n) is 1.75. The van der Waals surface area contributed by atoms with Crippen LogP contribution in [0.1, 0.15) is 0 Å². The van der Waals surface area contributed by atoms with Gasteiger partial charge in [0.25, 0.3) is 0 Å². The Balaban J connectivity index is 3.20. The van der Waals surface area contributed by atoms with E-state index in [1.807, 2.05) is 0 Å². The molecule has 1 aromatic rings. The molecule has 0 aliphatic rings. The first kappa shape index (κ1) is 7.93. The molecule has 0 aliphatic heterocycles. The van der Waals surface area contributed by atoms with E-state index in [1.165, 1.54) is 12.3 Å². The quantitative estimate of drug-likeness (QED) is 0.572. The maximum absolute atomic E-state index is 10.1. The van der Waals surface area contributed by atoms with Crippen molar-refractivity contribution in [2.75, 3.05) is 0 Å².